The van der Waals surface area contributed by atoms with Crippen LogP contribution in [0.5, 0.6) is 5.88 Å². The number of non-ortho nitro benzene ring substituents is 1. The van der Waals surface area contributed by atoms with Crippen LogP contribution in [-0.2, 0) is 11.2 Å². The van der Waals surface area contributed by atoms with Gasteiger partial charge in [-0.1, -0.05) is 66.7 Å². The van der Waals surface area contributed by atoms with E-state index in [0.717, 1.165) is 27.8 Å². The van der Waals surface area contributed by atoms with Gasteiger partial charge in [0.2, 0.25) is 5.88 Å². The molecule has 1 aliphatic carbocycles. The molecule has 1 saturated heterocycles. The highest BCUT2D eigenvalue weighted by Crippen LogP contribution is 2.45. The Morgan fingerprint density at radius 1 is 0.977 bits per heavy atom. The molecule has 6 rings (SSSR count). The average Bonchev–Trinajstić information content (AvgIpc) is 3.54. The number of ether oxygens (including phenoxy) is 2. The monoisotopic (exact) mass is 581 g/mol. The molecule has 10 heteroatoms. The fourth-order valence-corrected chi connectivity index (χ4v) is 6.09. The molecular weight excluding hydrogens is 550 g/mol. The first-order valence-electron chi connectivity index (χ1n) is 14.2. The molecule has 2 heterocycles. The van der Waals surface area contributed by atoms with Crippen molar-refractivity contribution in [3.8, 4) is 17.0 Å². The molecule has 4 aromatic rings. The topological polar surface area (TPSA) is 135 Å². The maximum absolute atomic E-state index is 13.5. The Kier molecular flexibility index (Phi) is 8.04. The Labute approximate surface area is 248 Å². The number of nitro benzene ring substituents is 1. The summed E-state index contributed by atoms with van der Waals surface area (Å²) in [7, 11) is 0. The Balaban J connectivity index is 1.11. The van der Waals surface area contributed by atoms with Gasteiger partial charge in [-0.15, -0.1) is 0 Å². The second kappa shape index (κ2) is 12.2. The molecule has 2 aliphatic rings. The van der Waals surface area contributed by atoms with Crippen molar-refractivity contribution in [1.29, 1.82) is 0 Å². The number of aliphatic hydroxyl groups is 2. The Morgan fingerprint density at radius 2 is 1.65 bits per heavy atom. The molecule has 1 aromatic heterocycles. The van der Waals surface area contributed by atoms with Gasteiger partial charge in [-0.3, -0.25) is 15.0 Å². The number of nitro groups is 1. The quantitative estimate of drug-likeness (QED) is 0.208. The molecule has 1 amide bonds. The summed E-state index contributed by atoms with van der Waals surface area (Å²) in [6.45, 7) is 0.0496. The summed E-state index contributed by atoms with van der Waals surface area (Å²) in [6.07, 6.45) is 0.850. The summed E-state index contributed by atoms with van der Waals surface area (Å²) in [5.41, 5.74) is 6.07. The number of rotatable bonds is 9. The lowest BCUT2D eigenvalue weighted by Crippen LogP contribution is -2.43. The van der Waals surface area contributed by atoms with Crippen molar-refractivity contribution in [2.45, 2.75) is 36.9 Å². The standard InChI is InChI=1S/C33H31N3O7/c37-19-30-31(38)17-29(22-11-14-32(34-18-22)42-16-15-21-9-12-23(13-10-21)36(40)41)35(30)33(39)43-20-28-26-7-3-1-5-24(26)25-6-2-4-8-27(25)28/h1-14,18,28-31,37-38H,15-17,19-20H2/t29-,30-,31+/m1/s1. The maximum atomic E-state index is 13.5. The first-order chi connectivity index (χ1) is 20.9. The number of carbonyl (C=O) groups excluding carboxylic acids is 1. The second-order valence-electron chi connectivity index (χ2n) is 10.7. The van der Waals surface area contributed by atoms with Crippen LogP contribution in [-0.4, -0.2) is 63.1 Å². The largest absolute Gasteiger partial charge is 0.477 e. The fraction of sp³-hybridized carbons (Fsp3) is 0.273. The predicted octanol–water partition coefficient (Wildman–Crippen LogP) is 5.03. The molecule has 0 bridgehead atoms. The van der Waals surface area contributed by atoms with Gasteiger partial charge in [-0.25, -0.2) is 9.78 Å². The van der Waals surface area contributed by atoms with E-state index in [9.17, 15) is 25.1 Å². The molecule has 10 nitrogen and oxygen atoms in total. The summed E-state index contributed by atoms with van der Waals surface area (Å²) >= 11 is 0. The van der Waals surface area contributed by atoms with Crippen molar-refractivity contribution in [2.24, 2.45) is 0 Å². The van der Waals surface area contributed by atoms with Crippen LogP contribution in [0.4, 0.5) is 10.5 Å². The molecule has 2 N–H and O–H groups in total. The van der Waals surface area contributed by atoms with Crippen LogP contribution in [0.2, 0.25) is 0 Å². The SMILES string of the molecule is O=C(OCC1c2ccccc2-c2ccccc21)N1[C@@H](c2ccc(OCCc3ccc([N+](=O)[O-])cc3)nc2)C[C@H](O)[C@H]1CO. The zero-order valence-corrected chi connectivity index (χ0v) is 23.3. The van der Waals surface area contributed by atoms with Gasteiger partial charge < -0.3 is 19.7 Å². The number of hydrogen-bond acceptors (Lipinski definition) is 8. The van der Waals surface area contributed by atoms with E-state index in [0.29, 0.717) is 24.5 Å². The van der Waals surface area contributed by atoms with Crippen molar-refractivity contribution < 1.29 is 29.4 Å². The van der Waals surface area contributed by atoms with Crippen LogP contribution in [0, 0.1) is 10.1 Å². The molecule has 0 unspecified atom stereocenters. The van der Waals surface area contributed by atoms with Crippen molar-refractivity contribution >= 4 is 11.8 Å². The summed E-state index contributed by atoms with van der Waals surface area (Å²) in [5.74, 6) is 0.273. The van der Waals surface area contributed by atoms with Crippen molar-refractivity contribution in [1.82, 2.24) is 9.88 Å². The molecule has 220 valence electrons. The minimum absolute atomic E-state index is 0.0366. The number of aliphatic hydroxyl groups excluding tert-OH is 2. The highest BCUT2D eigenvalue weighted by Gasteiger charge is 2.45. The van der Waals surface area contributed by atoms with E-state index in [1.807, 2.05) is 36.4 Å². The van der Waals surface area contributed by atoms with E-state index < -0.39 is 35.8 Å². The van der Waals surface area contributed by atoms with Gasteiger partial charge in [0.1, 0.15) is 6.61 Å². The molecule has 0 saturated carbocycles. The Bertz CT molecular complexity index is 1560. The second-order valence-corrected chi connectivity index (χ2v) is 10.7. The highest BCUT2D eigenvalue weighted by molar-refractivity contribution is 5.79. The number of likely N-dealkylation sites (tertiary alicyclic amines) is 1. The smallest absolute Gasteiger partial charge is 0.410 e. The van der Waals surface area contributed by atoms with Gasteiger partial charge in [-0.2, -0.15) is 0 Å². The molecule has 1 aliphatic heterocycles. The van der Waals surface area contributed by atoms with Crippen LogP contribution in [0.15, 0.2) is 91.1 Å². The number of pyridine rings is 1. The number of benzene rings is 3. The fourth-order valence-electron chi connectivity index (χ4n) is 6.09. The number of amides is 1. The number of carbonyl (C=O) groups is 1. The first-order valence-corrected chi connectivity index (χ1v) is 14.2. The minimum Gasteiger partial charge on any atom is -0.477 e. The zero-order chi connectivity index (χ0) is 29.9. The van der Waals surface area contributed by atoms with Gasteiger partial charge in [-0.05, 0) is 33.4 Å². The third-order valence-corrected chi connectivity index (χ3v) is 8.27. The molecule has 0 radical (unpaired) electrons. The number of hydrogen-bond donors (Lipinski definition) is 2. The summed E-state index contributed by atoms with van der Waals surface area (Å²) < 4.78 is 11.6. The normalized spacial score (nSPS) is 19.1. The van der Waals surface area contributed by atoms with Gasteiger partial charge in [0.15, 0.2) is 0 Å². The molecule has 3 aromatic carbocycles. The molecule has 0 spiro atoms. The van der Waals surface area contributed by atoms with Gasteiger partial charge in [0, 0.05) is 43.2 Å². The molecule has 3 atom stereocenters. The maximum Gasteiger partial charge on any atom is 0.410 e. The van der Waals surface area contributed by atoms with E-state index >= 15 is 0 Å². The number of aromatic nitrogens is 1. The Hall–Kier alpha value is -4.80. The number of nitrogens with zero attached hydrogens (tertiary/aromatic N) is 3. The Morgan fingerprint density at radius 3 is 2.26 bits per heavy atom. The van der Waals surface area contributed by atoms with Crippen LogP contribution >= 0.6 is 0 Å². The average molecular weight is 582 g/mol. The highest BCUT2D eigenvalue weighted by atomic mass is 16.6. The van der Waals surface area contributed by atoms with Crippen molar-refractivity contribution in [3.63, 3.8) is 0 Å². The van der Waals surface area contributed by atoms with Crippen molar-refractivity contribution in [2.75, 3.05) is 19.8 Å². The lowest BCUT2D eigenvalue weighted by molar-refractivity contribution is -0.384. The van der Waals surface area contributed by atoms with E-state index in [1.54, 1.807) is 30.5 Å². The van der Waals surface area contributed by atoms with Gasteiger partial charge in [0.25, 0.3) is 5.69 Å². The van der Waals surface area contributed by atoms with Crippen LogP contribution in [0.3, 0.4) is 0 Å². The van der Waals surface area contributed by atoms with Gasteiger partial charge >= 0.3 is 6.09 Å². The molecule has 43 heavy (non-hydrogen) atoms. The van der Waals surface area contributed by atoms with E-state index in [1.165, 1.54) is 17.0 Å². The zero-order valence-electron chi connectivity index (χ0n) is 23.3. The molecular formula is C33H31N3O7. The summed E-state index contributed by atoms with van der Waals surface area (Å²) in [4.78, 5) is 29.7. The third-order valence-electron chi connectivity index (χ3n) is 8.27. The third kappa shape index (κ3) is 5.67. The van der Waals surface area contributed by atoms with Crippen LogP contribution < -0.4 is 4.74 Å². The predicted molar refractivity (Wildman–Crippen MR) is 158 cm³/mol. The summed E-state index contributed by atoms with van der Waals surface area (Å²) in [6, 6.07) is 24.6. The van der Waals surface area contributed by atoms with Crippen LogP contribution in [0.1, 0.15) is 40.6 Å². The van der Waals surface area contributed by atoms with Crippen molar-refractivity contribution in [3.05, 3.63) is 123 Å². The first kappa shape index (κ1) is 28.3. The van der Waals surface area contributed by atoms with E-state index in [2.05, 4.69) is 17.1 Å². The lowest BCUT2D eigenvalue weighted by Gasteiger charge is -2.29. The van der Waals surface area contributed by atoms with Gasteiger partial charge in [0.05, 0.1) is 36.3 Å². The van der Waals surface area contributed by atoms with E-state index in [-0.39, 0.29) is 24.6 Å². The lowest BCUT2D eigenvalue weighted by atomic mass is 9.98. The van der Waals surface area contributed by atoms with Crippen LogP contribution in [0.25, 0.3) is 11.1 Å². The minimum atomic E-state index is -0.923. The molecule has 1 fully saturated rings. The van der Waals surface area contributed by atoms with E-state index in [4.69, 9.17) is 9.47 Å². The summed E-state index contributed by atoms with van der Waals surface area (Å²) in [5, 5.41) is 31.6. The number of fused-ring (bicyclic) bond motifs is 3.